The van der Waals surface area contributed by atoms with E-state index in [1.54, 1.807) is 12.4 Å². The van der Waals surface area contributed by atoms with Gasteiger partial charge in [-0.2, -0.15) is 0 Å². The smallest absolute Gasteiger partial charge is 0.225 e. The van der Waals surface area contributed by atoms with Crippen LogP contribution >= 0.6 is 0 Å². The van der Waals surface area contributed by atoms with Crippen molar-refractivity contribution in [2.45, 2.75) is 44.6 Å². The highest BCUT2D eigenvalue weighted by Crippen LogP contribution is 2.31. The molecule has 2 aliphatic carbocycles. The minimum atomic E-state index is 0.0829. The molecule has 1 aromatic rings. The van der Waals surface area contributed by atoms with Gasteiger partial charge in [-0.05, 0) is 44.6 Å². The monoisotopic (exact) mass is 357 g/mol. The van der Waals surface area contributed by atoms with Gasteiger partial charge in [-0.25, -0.2) is 9.97 Å². The largest absolute Gasteiger partial charge is 0.353 e. The summed E-state index contributed by atoms with van der Waals surface area (Å²) in [7, 11) is 0. The zero-order valence-electron chi connectivity index (χ0n) is 15.1. The molecule has 0 bridgehead atoms. The average molecular weight is 357 g/mol. The molecule has 2 heterocycles. The van der Waals surface area contributed by atoms with Gasteiger partial charge >= 0.3 is 0 Å². The van der Waals surface area contributed by atoms with E-state index in [2.05, 4.69) is 20.2 Å². The summed E-state index contributed by atoms with van der Waals surface area (Å²) in [6.45, 7) is 2.99. The molecule has 1 N–H and O–H groups in total. The van der Waals surface area contributed by atoms with E-state index in [0.717, 1.165) is 70.7 Å². The number of carbonyl (C=O) groups is 2. The van der Waals surface area contributed by atoms with E-state index >= 15 is 0 Å². The van der Waals surface area contributed by atoms with E-state index < -0.39 is 0 Å². The SMILES string of the molecule is O=C(NC1CC1)C1CCC(C(=O)N2CCN(c3ncccn3)CC2)CC1. The standard InChI is InChI=1S/C19H27N5O2/c25-17(22-16-6-7-16)14-2-4-15(5-3-14)18(26)23-10-12-24(13-11-23)19-20-8-1-9-21-19/h1,8-9,14-16H,2-7,10-13H2,(H,22,25). The third-order valence-corrected chi connectivity index (χ3v) is 5.80. The molecule has 3 aliphatic rings. The van der Waals surface area contributed by atoms with Crippen molar-refractivity contribution in [2.24, 2.45) is 11.8 Å². The fourth-order valence-corrected chi connectivity index (χ4v) is 3.99. The van der Waals surface area contributed by atoms with Crippen LogP contribution in [0.15, 0.2) is 18.5 Å². The Kier molecular flexibility index (Phi) is 5.04. The van der Waals surface area contributed by atoms with Crippen LogP contribution in [-0.4, -0.2) is 58.9 Å². The van der Waals surface area contributed by atoms with E-state index in [0.29, 0.717) is 6.04 Å². The van der Waals surface area contributed by atoms with Crippen LogP contribution in [0.4, 0.5) is 5.95 Å². The predicted molar refractivity (Wildman–Crippen MR) is 97.4 cm³/mol. The number of rotatable bonds is 4. The predicted octanol–water partition coefficient (Wildman–Crippen LogP) is 1.21. The number of nitrogens with one attached hydrogen (secondary N) is 1. The van der Waals surface area contributed by atoms with Crippen LogP contribution in [0, 0.1) is 11.8 Å². The molecule has 1 aromatic heterocycles. The second kappa shape index (κ2) is 7.60. The second-order valence-electron chi connectivity index (χ2n) is 7.69. The van der Waals surface area contributed by atoms with Gasteiger partial charge in [-0.15, -0.1) is 0 Å². The summed E-state index contributed by atoms with van der Waals surface area (Å²) in [5.41, 5.74) is 0. The van der Waals surface area contributed by atoms with Gasteiger partial charge in [0.1, 0.15) is 0 Å². The highest BCUT2D eigenvalue weighted by atomic mass is 16.2. The molecule has 4 rings (SSSR count). The van der Waals surface area contributed by atoms with Crippen molar-refractivity contribution in [2.75, 3.05) is 31.1 Å². The first kappa shape index (κ1) is 17.2. The molecule has 0 radical (unpaired) electrons. The number of aromatic nitrogens is 2. The topological polar surface area (TPSA) is 78.4 Å². The zero-order valence-corrected chi connectivity index (χ0v) is 15.1. The molecule has 7 nitrogen and oxygen atoms in total. The first-order chi connectivity index (χ1) is 12.7. The fourth-order valence-electron chi connectivity index (χ4n) is 3.99. The van der Waals surface area contributed by atoms with Gasteiger partial charge in [-0.1, -0.05) is 0 Å². The van der Waals surface area contributed by atoms with Crippen molar-refractivity contribution in [1.82, 2.24) is 20.2 Å². The number of nitrogens with zero attached hydrogens (tertiary/aromatic N) is 4. The van der Waals surface area contributed by atoms with E-state index in [1.165, 1.54) is 0 Å². The Hall–Kier alpha value is -2.18. The minimum Gasteiger partial charge on any atom is -0.353 e. The maximum Gasteiger partial charge on any atom is 0.225 e. The summed E-state index contributed by atoms with van der Waals surface area (Å²) in [5.74, 6) is 1.39. The normalized spacial score (nSPS) is 26.5. The first-order valence-electron chi connectivity index (χ1n) is 9.82. The highest BCUT2D eigenvalue weighted by Gasteiger charge is 2.34. The molecular formula is C19H27N5O2. The number of hydrogen-bond donors (Lipinski definition) is 1. The molecule has 7 heteroatoms. The molecule has 0 unspecified atom stereocenters. The zero-order chi connectivity index (χ0) is 17.9. The molecule has 0 aromatic carbocycles. The van der Waals surface area contributed by atoms with Gasteiger partial charge in [0.15, 0.2) is 0 Å². The van der Waals surface area contributed by atoms with Gasteiger partial charge in [0.05, 0.1) is 0 Å². The van der Waals surface area contributed by atoms with E-state index in [4.69, 9.17) is 0 Å². The van der Waals surface area contributed by atoms with Crippen molar-refractivity contribution >= 4 is 17.8 Å². The van der Waals surface area contributed by atoms with Gasteiger partial charge in [-0.3, -0.25) is 9.59 Å². The molecule has 0 spiro atoms. The third kappa shape index (κ3) is 3.97. The van der Waals surface area contributed by atoms with Crippen molar-refractivity contribution in [3.8, 4) is 0 Å². The molecule has 140 valence electrons. The summed E-state index contributed by atoms with van der Waals surface area (Å²) >= 11 is 0. The Morgan fingerprint density at radius 3 is 2.12 bits per heavy atom. The van der Waals surface area contributed by atoms with E-state index in [9.17, 15) is 9.59 Å². The lowest BCUT2D eigenvalue weighted by Crippen LogP contribution is -2.51. The van der Waals surface area contributed by atoms with Gasteiger partial charge in [0, 0.05) is 56.5 Å². The van der Waals surface area contributed by atoms with Crippen molar-refractivity contribution < 1.29 is 9.59 Å². The van der Waals surface area contributed by atoms with Gasteiger partial charge < -0.3 is 15.1 Å². The van der Waals surface area contributed by atoms with Crippen LogP contribution in [0.1, 0.15) is 38.5 Å². The maximum atomic E-state index is 12.8. The molecule has 2 amide bonds. The summed E-state index contributed by atoms with van der Waals surface area (Å²) in [6.07, 6.45) is 9.10. The van der Waals surface area contributed by atoms with Gasteiger partial charge in [0.2, 0.25) is 17.8 Å². The lowest BCUT2D eigenvalue weighted by atomic mass is 9.81. The molecule has 2 saturated carbocycles. The van der Waals surface area contributed by atoms with Crippen LogP contribution < -0.4 is 10.2 Å². The number of piperazine rings is 1. The maximum absolute atomic E-state index is 12.8. The molecule has 1 saturated heterocycles. The quantitative estimate of drug-likeness (QED) is 0.876. The van der Waals surface area contributed by atoms with Crippen molar-refractivity contribution in [1.29, 1.82) is 0 Å². The summed E-state index contributed by atoms with van der Waals surface area (Å²) in [6, 6.07) is 2.23. The number of carbonyl (C=O) groups excluding carboxylic acids is 2. The third-order valence-electron chi connectivity index (χ3n) is 5.80. The molecule has 3 fully saturated rings. The lowest BCUT2D eigenvalue weighted by molar-refractivity contribution is -0.138. The Morgan fingerprint density at radius 2 is 1.50 bits per heavy atom. The van der Waals surface area contributed by atoms with E-state index in [-0.39, 0.29) is 23.7 Å². The molecular weight excluding hydrogens is 330 g/mol. The fraction of sp³-hybridized carbons (Fsp3) is 0.684. The van der Waals surface area contributed by atoms with Crippen LogP contribution in [0.3, 0.4) is 0 Å². The molecule has 0 atom stereocenters. The lowest BCUT2D eigenvalue weighted by Gasteiger charge is -2.37. The average Bonchev–Trinajstić information content (AvgIpc) is 3.52. The molecule has 26 heavy (non-hydrogen) atoms. The summed E-state index contributed by atoms with van der Waals surface area (Å²) in [4.78, 5) is 37.7. The second-order valence-corrected chi connectivity index (χ2v) is 7.69. The van der Waals surface area contributed by atoms with Crippen LogP contribution in [-0.2, 0) is 9.59 Å². The van der Waals surface area contributed by atoms with Crippen LogP contribution in [0.25, 0.3) is 0 Å². The summed E-state index contributed by atoms with van der Waals surface area (Å²) < 4.78 is 0. The van der Waals surface area contributed by atoms with Crippen LogP contribution in [0.5, 0.6) is 0 Å². The van der Waals surface area contributed by atoms with Crippen LogP contribution in [0.2, 0.25) is 0 Å². The number of amides is 2. The number of anilines is 1. The Morgan fingerprint density at radius 1 is 0.885 bits per heavy atom. The first-order valence-corrected chi connectivity index (χ1v) is 9.82. The summed E-state index contributed by atoms with van der Waals surface area (Å²) in [5, 5.41) is 3.10. The highest BCUT2D eigenvalue weighted by molar-refractivity contribution is 5.81. The Balaban J connectivity index is 1.23. The molecule has 1 aliphatic heterocycles. The Bertz CT molecular complexity index is 633. The van der Waals surface area contributed by atoms with E-state index in [1.807, 2.05) is 11.0 Å². The minimum absolute atomic E-state index is 0.0829. The van der Waals surface area contributed by atoms with Crippen molar-refractivity contribution in [3.63, 3.8) is 0 Å². The number of hydrogen-bond acceptors (Lipinski definition) is 5. The Labute approximate surface area is 154 Å². The van der Waals surface area contributed by atoms with Gasteiger partial charge in [0.25, 0.3) is 0 Å². The van der Waals surface area contributed by atoms with Crippen molar-refractivity contribution in [3.05, 3.63) is 18.5 Å².